The third kappa shape index (κ3) is 3.52. The van der Waals surface area contributed by atoms with Crippen molar-refractivity contribution in [3.8, 4) is 0 Å². The number of amides is 3. The average Bonchev–Trinajstić information content (AvgIpc) is 2.55. The van der Waals surface area contributed by atoms with Crippen LogP contribution in [0.3, 0.4) is 0 Å². The van der Waals surface area contributed by atoms with E-state index in [2.05, 4.69) is 5.32 Å². The molecule has 3 amide bonds. The van der Waals surface area contributed by atoms with Gasteiger partial charge in [-0.3, -0.25) is 14.4 Å². The Balaban J connectivity index is 2.28. The van der Waals surface area contributed by atoms with E-state index in [1.165, 1.54) is 6.92 Å². The van der Waals surface area contributed by atoms with Gasteiger partial charge in [0.05, 0.1) is 5.41 Å². The molecule has 1 aromatic rings. The fourth-order valence-corrected chi connectivity index (χ4v) is 3.01. The molecule has 1 aromatic carbocycles. The van der Waals surface area contributed by atoms with Crippen LogP contribution < -0.4 is 11.1 Å². The van der Waals surface area contributed by atoms with Crippen molar-refractivity contribution in [3.05, 3.63) is 35.9 Å². The molecule has 1 aliphatic heterocycles. The second-order valence-corrected chi connectivity index (χ2v) is 6.05. The first-order chi connectivity index (χ1) is 10.9. The van der Waals surface area contributed by atoms with E-state index in [1.54, 1.807) is 11.8 Å². The van der Waals surface area contributed by atoms with Gasteiger partial charge in [-0.05, 0) is 25.3 Å². The van der Waals surface area contributed by atoms with Gasteiger partial charge in [0.25, 0.3) is 0 Å². The zero-order valence-electron chi connectivity index (χ0n) is 13.5. The molecule has 0 bridgehead atoms. The lowest BCUT2D eigenvalue weighted by molar-refractivity contribution is -0.136. The van der Waals surface area contributed by atoms with Crippen LogP contribution in [0, 0.1) is 0 Å². The molecule has 2 rings (SSSR count). The van der Waals surface area contributed by atoms with E-state index in [4.69, 9.17) is 5.73 Å². The highest BCUT2D eigenvalue weighted by Gasteiger charge is 2.43. The molecule has 0 radical (unpaired) electrons. The van der Waals surface area contributed by atoms with Crippen LogP contribution in [0.2, 0.25) is 0 Å². The minimum Gasteiger partial charge on any atom is -0.368 e. The Bertz CT molecular complexity index is 592. The number of rotatable bonds is 4. The SMILES string of the molecule is CC(=O)N1CCC(C(=O)N[C@H](C)C(N)=O)(c2ccccc2)CC1. The smallest absolute Gasteiger partial charge is 0.239 e. The summed E-state index contributed by atoms with van der Waals surface area (Å²) >= 11 is 0. The molecule has 1 heterocycles. The minimum atomic E-state index is -0.739. The Hall–Kier alpha value is -2.37. The second kappa shape index (κ2) is 6.81. The van der Waals surface area contributed by atoms with Gasteiger partial charge in [-0.15, -0.1) is 0 Å². The van der Waals surface area contributed by atoms with Gasteiger partial charge in [0.1, 0.15) is 6.04 Å². The van der Waals surface area contributed by atoms with Gasteiger partial charge in [0.15, 0.2) is 0 Å². The molecule has 3 N–H and O–H groups in total. The van der Waals surface area contributed by atoms with Crippen LogP contribution in [0.1, 0.15) is 32.3 Å². The summed E-state index contributed by atoms with van der Waals surface area (Å²) in [6.07, 6.45) is 1.04. The average molecular weight is 317 g/mol. The Morgan fingerprint density at radius 1 is 1.17 bits per heavy atom. The molecular weight excluding hydrogens is 294 g/mol. The molecule has 0 spiro atoms. The van der Waals surface area contributed by atoms with Crippen LogP contribution in [0.5, 0.6) is 0 Å². The van der Waals surface area contributed by atoms with Gasteiger partial charge in [-0.25, -0.2) is 0 Å². The van der Waals surface area contributed by atoms with Crippen LogP contribution in [0.4, 0.5) is 0 Å². The van der Waals surface area contributed by atoms with Crippen molar-refractivity contribution in [2.75, 3.05) is 13.1 Å². The number of likely N-dealkylation sites (tertiary alicyclic amines) is 1. The summed E-state index contributed by atoms with van der Waals surface area (Å²) in [6.45, 7) is 4.14. The van der Waals surface area contributed by atoms with Crippen molar-refractivity contribution in [1.29, 1.82) is 0 Å². The maximum atomic E-state index is 12.9. The van der Waals surface area contributed by atoms with Gasteiger partial charge in [-0.1, -0.05) is 30.3 Å². The maximum Gasteiger partial charge on any atom is 0.239 e. The summed E-state index contributed by atoms with van der Waals surface area (Å²) in [5.41, 5.74) is 5.41. The summed E-state index contributed by atoms with van der Waals surface area (Å²) < 4.78 is 0. The Kier molecular flexibility index (Phi) is 5.03. The molecule has 0 saturated carbocycles. The monoisotopic (exact) mass is 317 g/mol. The molecule has 6 heteroatoms. The summed E-state index contributed by atoms with van der Waals surface area (Å²) in [5, 5.41) is 2.72. The molecule has 124 valence electrons. The Morgan fingerprint density at radius 2 is 1.74 bits per heavy atom. The topological polar surface area (TPSA) is 92.5 Å². The quantitative estimate of drug-likeness (QED) is 0.849. The van der Waals surface area contributed by atoms with Crippen molar-refractivity contribution < 1.29 is 14.4 Å². The number of nitrogens with two attached hydrogens (primary N) is 1. The van der Waals surface area contributed by atoms with Crippen molar-refractivity contribution in [1.82, 2.24) is 10.2 Å². The molecule has 0 aliphatic carbocycles. The normalized spacial score (nSPS) is 18.1. The fraction of sp³-hybridized carbons (Fsp3) is 0.471. The number of carbonyl (C=O) groups excluding carboxylic acids is 3. The summed E-state index contributed by atoms with van der Waals surface area (Å²) in [6, 6.07) is 8.77. The van der Waals surface area contributed by atoms with Crippen LogP contribution in [0.25, 0.3) is 0 Å². The molecule has 0 aromatic heterocycles. The van der Waals surface area contributed by atoms with Crippen LogP contribution in [-0.4, -0.2) is 41.8 Å². The van der Waals surface area contributed by atoms with E-state index in [0.717, 1.165) is 5.56 Å². The lowest BCUT2D eigenvalue weighted by Gasteiger charge is -2.41. The van der Waals surface area contributed by atoms with E-state index >= 15 is 0 Å². The van der Waals surface area contributed by atoms with E-state index in [0.29, 0.717) is 25.9 Å². The van der Waals surface area contributed by atoms with Crippen LogP contribution in [0.15, 0.2) is 30.3 Å². The summed E-state index contributed by atoms with van der Waals surface area (Å²) in [7, 11) is 0. The Labute approximate surface area is 136 Å². The zero-order valence-corrected chi connectivity index (χ0v) is 13.5. The minimum absolute atomic E-state index is 0.0116. The molecule has 1 atom stereocenters. The van der Waals surface area contributed by atoms with Crippen molar-refractivity contribution >= 4 is 17.7 Å². The van der Waals surface area contributed by atoms with Gasteiger partial charge < -0.3 is 16.0 Å². The van der Waals surface area contributed by atoms with Gasteiger partial charge in [-0.2, -0.15) is 0 Å². The predicted octanol–water partition coefficient (Wildman–Crippen LogP) is 0.557. The number of hydrogen-bond acceptors (Lipinski definition) is 3. The number of primary amides is 1. The van der Waals surface area contributed by atoms with Crippen LogP contribution >= 0.6 is 0 Å². The molecule has 23 heavy (non-hydrogen) atoms. The highest BCUT2D eigenvalue weighted by atomic mass is 16.2. The van der Waals surface area contributed by atoms with Crippen molar-refractivity contribution in [2.24, 2.45) is 5.73 Å². The van der Waals surface area contributed by atoms with Gasteiger partial charge in [0.2, 0.25) is 17.7 Å². The highest BCUT2D eigenvalue weighted by Crippen LogP contribution is 2.36. The number of piperidine rings is 1. The largest absolute Gasteiger partial charge is 0.368 e. The number of nitrogens with one attached hydrogen (secondary N) is 1. The van der Waals surface area contributed by atoms with Crippen molar-refractivity contribution in [2.45, 2.75) is 38.1 Å². The Morgan fingerprint density at radius 3 is 2.22 bits per heavy atom. The van der Waals surface area contributed by atoms with E-state index in [9.17, 15) is 14.4 Å². The first-order valence-corrected chi connectivity index (χ1v) is 7.78. The lowest BCUT2D eigenvalue weighted by atomic mass is 9.71. The maximum absolute atomic E-state index is 12.9. The van der Waals surface area contributed by atoms with Gasteiger partial charge in [0, 0.05) is 20.0 Å². The summed E-state index contributed by atoms with van der Waals surface area (Å²) in [4.78, 5) is 37.4. The molecule has 0 unspecified atom stereocenters. The first kappa shape index (κ1) is 17.0. The standard InChI is InChI=1S/C17H23N3O3/c1-12(15(18)22)19-16(23)17(14-6-4-3-5-7-14)8-10-20(11-9-17)13(2)21/h3-7,12H,8-11H2,1-2H3,(H2,18,22)(H,19,23)/t12-/m1/s1. The third-order valence-electron chi connectivity index (χ3n) is 4.60. The van der Waals surface area contributed by atoms with E-state index in [1.807, 2.05) is 30.3 Å². The highest BCUT2D eigenvalue weighted by molar-refractivity contribution is 5.92. The molecular formula is C17H23N3O3. The number of carbonyl (C=O) groups is 3. The predicted molar refractivity (Wildman–Crippen MR) is 86.4 cm³/mol. The first-order valence-electron chi connectivity index (χ1n) is 7.78. The van der Waals surface area contributed by atoms with E-state index in [-0.39, 0.29) is 11.8 Å². The van der Waals surface area contributed by atoms with E-state index < -0.39 is 17.4 Å². The number of hydrogen-bond donors (Lipinski definition) is 2. The lowest BCUT2D eigenvalue weighted by Crippen LogP contribution is -2.55. The molecule has 1 saturated heterocycles. The number of benzene rings is 1. The van der Waals surface area contributed by atoms with Gasteiger partial charge >= 0.3 is 0 Å². The zero-order chi connectivity index (χ0) is 17.0. The van der Waals surface area contributed by atoms with Crippen molar-refractivity contribution in [3.63, 3.8) is 0 Å². The molecule has 1 fully saturated rings. The third-order valence-corrected chi connectivity index (χ3v) is 4.60. The molecule has 1 aliphatic rings. The fourth-order valence-electron chi connectivity index (χ4n) is 3.01. The number of nitrogens with zero attached hydrogens (tertiary/aromatic N) is 1. The van der Waals surface area contributed by atoms with Crippen LogP contribution in [-0.2, 0) is 19.8 Å². The summed E-state index contributed by atoms with van der Waals surface area (Å²) in [5.74, 6) is -0.765. The molecule has 6 nitrogen and oxygen atoms in total. The second-order valence-electron chi connectivity index (χ2n) is 6.05.